The predicted octanol–water partition coefficient (Wildman–Crippen LogP) is 4.14. The zero-order valence-electron chi connectivity index (χ0n) is 11.2. The lowest BCUT2D eigenvalue weighted by molar-refractivity contribution is 0.0907. The Balaban J connectivity index is 2.04. The Hall–Kier alpha value is -0.900. The fourth-order valence-electron chi connectivity index (χ4n) is 3.00. The molecule has 0 spiro atoms. The van der Waals surface area contributed by atoms with Gasteiger partial charge in [0.15, 0.2) is 0 Å². The minimum absolute atomic E-state index is 0.120. The first-order valence-electron chi connectivity index (χ1n) is 6.71. The number of rotatable bonds is 2. The van der Waals surface area contributed by atoms with Crippen LogP contribution in [0, 0.1) is 17.7 Å². The highest BCUT2D eigenvalue weighted by Gasteiger charge is 2.25. The topological polar surface area (TPSA) is 29.1 Å². The minimum atomic E-state index is -0.483. The summed E-state index contributed by atoms with van der Waals surface area (Å²) < 4.78 is 14.4. The number of hydrogen-bond acceptors (Lipinski definition) is 1. The molecule has 2 rings (SSSR count). The summed E-state index contributed by atoms with van der Waals surface area (Å²) in [6.45, 7) is 4.41. The Kier molecular flexibility index (Phi) is 4.61. The monoisotopic (exact) mass is 327 g/mol. The first-order valence-corrected chi connectivity index (χ1v) is 7.51. The molecule has 1 saturated carbocycles. The molecule has 0 aliphatic heterocycles. The van der Waals surface area contributed by atoms with Crippen molar-refractivity contribution >= 4 is 21.8 Å². The third-order valence-corrected chi connectivity index (χ3v) is 4.18. The van der Waals surface area contributed by atoms with E-state index in [1.807, 2.05) is 0 Å². The van der Waals surface area contributed by atoms with Crippen molar-refractivity contribution in [2.45, 2.75) is 39.2 Å². The average Bonchev–Trinajstić information content (AvgIpc) is 2.26. The number of hydrogen-bond donors (Lipinski definition) is 1. The molecule has 19 heavy (non-hydrogen) atoms. The van der Waals surface area contributed by atoms with Gasteiger partial charge in [0.1, 0.15) is 5.82 Å². The van der Waals surface area contributed by atoms with Gasteiger partial charge in [-0.25, -0.2) is 4.39 Å². The molecule has 0 saturated heterocycles. The van der Waals surface area contributed by atoms with Gasteiger partial charge in [-0.1, -0.05) is 29.8 Å². The predicted molar refractivity (Wildman–Crippen MR) is 77.5 cm³/mol. The smallest absolute Gasteiger partial charge is 0.254 e. The zero-order chi connectivity index (χ0) is 14.0. The van der Waals surface area contributed by atoms with Crippen LogP contribution in [-0.4, -0.2) is 11.9 Å². The van der Waals surface area contributed by atoms with Crippen molar-refractivity contribution in [3.05, 3.63) is 34.1 Å². The van der Waals surface area contributed by atoms with Crippen LogP contribution in [0.4, 0.5) is 4.39 Å². The van der Waals surface area contributed by atoms with Gasteiger partial charge in [-0.05, 0) is 49.3 Å². The number of nitrogens with one attached hydrogen (secondary N) is 1. The molecule has 1 N–H and O–H groups in total. The Labute approximate surface area is 121 Å². The van der Waals surface area contributed by atoms with Crippen LogP contribution < -0.4 is 5.32 Å². The SMILES string of the molecule is CC1CC(C)CC(NC(=O)c2ccc(Br)cc2F)C1. The van der Waals surface area contributed by atoms with Gasteiger partial charge >= 0.3 is 0 Å². The lowest BCUT2D eigenvalue weighted by Gasteiger charge is -2.32. The van der Waals surface area contributed by atoms with Crippen LogP contribution in [0.2, 0.25) is 0 Å². The standard InChI is InChI=1S/C15H19BrFNO/c1-9-5-10(2)7-12(6-9)18-15(19)13-4-3-11(16)8-14(13)17/h3-4,8-10,12H,5-7H2,1-2H3,(H,18,19). The van der Waals surface area contributed by atoms with E-state index in [0.29, 0.717) is 16.3 Å². The second kappa shape index (κ2) is 6.04. The van der Waals surface area contributed by atoms with Crippen molar-refractivity contribution < 1.29 is 9.18 Å². The molecule has 2 unspecified atom stereocenters. The number of carbonyl (C=O) groups is 1. The maximum absolute atomic E-state index is 13.7. The van der Waals surface area contributed by atoms with Gasteiger partial charge in [0.25, 0.3) is 5.91 Å². The van der Waals surface area contributed by atoms with Gasteiger partial charge in [0, 0.05) is 10.5 Å². The van der Waals surface area contributed by atoms with Gasteiger partial charge in [0.2, 0.25) is 0 Å². The second-order valence-electron chi connectivity index (χ2n) is 5.71. The largest absolute Gasteiger partial charge is 0.349 e. The van der Waals surface area contributed by atoms with E-state index in [4.69, 9.17) is 0 Å². The summed E-state index contributed by atoms with van der Waals surface area (Å²) in [6, 6.07) is 4.68. The van der Waals surface area contributed by atoms with E-state index >= 15 is 0 Å². The minimum Gasteiger partial charge on any atom is -0.349 e. The summed E-state index contributed by atoms with van der Waals surface area (Å²) in [7, 11) is 0. The molecular weight excluding hydrogens is 309 g/mol. The highest BCUT2D eigenvalue weighted by Crippen LogP contribution is 2.28. The summed E-state index contributed by atoms with van der Waals surface area (Å²) in [5, 5.41) is 2.96. The van der Waals surface area contributed by atoms with E-state index in [1.165, 1.54) is 18.6 Å². The molecule has 1 fully saturated rings. The molecule has 0 aromatic heterocycles. The van der Waals surface area contributed by atoms with Crippen molar-refractivity contribution in [3.63, 3.8) is 0 Å². The summed E-state index contributed by atoms with van der Waals surface area (Å²) >= 11 is 3.19. The normalized spacial score (nSPS) is 27.1. The molecule has 1 aliphatic rings. The molecular formula is C15H19BrFNO. The number of carbonyl (C=O) groups excluding carboxylic acids is 1. The summed E-state index contributed by atoms with van der Waals surface area (Å²) in [5.74, 6) is 0.438. The molecule has 0 radical (unpaired) electrons. The Morgan fingerprint density at radius 1 is 1.26 bits per heavy atom. The van der Waals surface area contributed by atoms with Crippen molar-refractivity contribution in [2.75, 3.05) is 0 Å². The Morgan fingerprint density at radius 3 is 2.47 bits per heavy atom. The molecule has 2 atom stereocenters. The molecule has 1 amide bonds. The third-order valence-electron chi connectivity index (χ3n) is 3.69. The van der Waals surface area contributed by atoms with Crippen LogP contribution in [0.25, 0.3) is 0 Å². The lowest BCUT2D eigenvalue weighted by atomic mass is 9.80. The average molecular weight is 328 g/mol. The van der Waals surface area contributed by atoms with E-state index in [2.05, 4.69) is 35.1 Å². The Morgan fingerprint density at radius 2 is 1.89 bits per heavy atom. The van der Waals surface area contributed by atoms with Crippen molar-refractivity contribution in [1.82, 2.24) is 5.32 Å². The van der Waals surface area contributed by atoms with E-state index < -0.39 is 5.82 Å². The molecule has 2 nitrogen and oxygen atoms in total. The first-order chi connectivity index (χ1) is 8.95. The Bertz CT molecular complexity index is 467. The highest BCUT2D eigenvalue weighted by molar-refractivity contribution is 9.10. The lowest BCUT2D eigenvalue weighted by Crippen LogP contribution is -2.40. The van der Waals surface area contributed by atoms with E-state index in [-0.39, 0.29) is 17.5 Å². The molecule has 4 heteroatoms. The van der Waals surface area contributed by atoms with Gasteiger partial charge < -0.3 is 5.32 Å². The van der Waals surface area contributed by atoms with Crippen molar-refractivity contribution in [2.24, 2.45) is 11.8 Å². The summed E-state index contributed by atoms with van der Waals surface area (Å²) in [6.07, 6.45) is 3.17. The highest BCUT2D eigenvalue weighted by atomic mass is 79.9. The number of amides is 1. The van der Waals surface area contributed by atoms with Crippen LogP contribution in [0.3, 0.4) is 0 Å². The fourth-order valence-corrected chi connectivity index (χ4v) is 3.33. The molecule has 1 aromatic carbocycles. The van der Waals surface area contributed by atoms with E-state index in [0.717, 1.165) is 12.8 Å². The molecule has 0 bridgehead atoms. The summed E-state index contributed by atoms with van der Waals surface area (Å²) in [5.41, 5.74) is 0.120. The van der Waals surface area contributed by atoms with Gasteiger partial charge in [-0.15, -0.1) is 0 Å². The molecule has 1 aliphatic carbocycles. The maximum Gasteiger partial charge on any atom is 0.254 e. The van der Waals surface area contributed by atoms with Gasteiger partial charge in [-0.2, -0.15) is 0 Å². The quantitative estimate of drug-likeness (QED) is 0.868. The van der Waals surface area contributed by atoms with Crippen molar-refractivity contribution in [3.8, 4) is 0 Å². The van der Waals surface area contributed by atoms with E-state index in [9.17, 15) is 9.18 Å². The van der Waals surface area contributed by atoms with Crippen LogP contribution in [0.1, 0.15) is 43.5 Å². The summed E-state index contributed by atoms with van der Waals surface area (Å²) in [4.78, 5) is 12.1. The molecule has 104 valence electrons. The van der Waals surface area contributed by atoms with E-state index in [1.54, 1.807) is 6.07 Å². The fraction of sp³-hybridized carbons (Fsp3) is 0.533. The number of halogens is 2. The van der Waals surface area contributed by atoms with Crippen molar-refractivity contribution in [1.29, 1.82) is 0 Å². The first kappa shape index (κ1) is 14.5. The molecule has 0 heterocycles. The second-order valence-corrected chi connectivity index (χ2v) is 6.63. The zero-order valence-corrected chi connectivity index (χ0v) is 12.8. The van der Waals surface area contributed by atoms with Gasteiger partial charge in [0.05, 0.1) is 5.56 Å². The van der Waals surface area contributed by atoms with Crippen LogP contribution in [0.15, 0.2) is 22.7 Å². The van der Waals surface area contributed by atoms with Crippen LogP contribution >= 0.6 is 15.9 Å². The third kappa shape index (κ3) is 3.78. The number of benzene rings is 1. The molecule has 1 aromatic rings. The van der Waals surface area contributed by atoms with Crippen LogP contribution in [-0.2, 0) is 0 Å². The maximum atomic E-state index is 13.7. The van der Waals surface area contributed by atoms with Gasteiger partial charge in [-0.3, -0.25) is 4.79 Å². The van der Waals surface area contributed by atoms with Crippen LogP contribution in [0.5, 0.6) is 0 Å².